The number of rotatable bonds is 1. The van der Waals surface area contributed by atoms with E-state index < -0.39 is 0 Å². The van der Waals surface area contributed by atoms with E-state index in [1.165, 1.54) is 6.07 Å². The Hall–Kier alpha value is -0.900. The van der Waals surface area contributed by atoms with Crippen molar-refractivity contribution in [1.82, 2.24) is 4.90 Å². The van der Waals surface area contributed by atoms with Gasteiger partial charge in [0.25, 0.3) is 5.91 Å². The van der Waals surface area contributed by atoms with Gasteiger partial charge in [0.15, 0.2) is 0 Å². The molecule has 0 unspecified atom stereocenters. The van der Waals surface area contributed by atoms with Crippen LogP contribution >= 0.6 is 15.9 Å². The van der Waals surface area contributed by atoms with E-state index in [1.807, 2.05) is 4.90 Å². The fourth-order valence-corrected chi connectivity index (χ4v) is 2.68. The van der Waals surface area contributed by atoms with Crippen LogP contribution in [0.25, 0.3) is 0 Å². The first-order chi connectivity index (χ1) is 8.89. The van der Waals surface area contributed by atoms with Crippen molar-refractivity contribution in [2.45, 2.75) is 33.1 Å². The highest BCUT2D eigenvalue weighted by atomic mass is 79.9. The van der Waals surface area contributed by atoms with Crippen LogP contribution in [0.1, 0.15) is 43.5 Å². The summed E-state index contributed by atoms with van der Waals surface area (Å²) in [6.45, 7) is 5.99. The maximum absolute atomic E-state index is 13.5. The van der Waals surface area contributed by atoms with Gasteiger partial charge in [-0.05, 0) is 58.8 Å². The molecule has 1 fully saturated rings. The van der Waals surface area contributed by atoms with E-state index in [4.69, 9.17) is 0 Å². The molecule has 0 aliphatic carbocycles. The fraction of sp³-hybridized carbons (Fsp3) is 0.533. The molecule has 1 saturated heterocycles. The summed E-state index contributed by atoms with van der Waals surface area (Å²) in [5, 5.41) is 0. The minimum absolute atomic E-state index is 0.0656. The van der Waals surface area contributed by atoms with Crippen molar-refractivity contribution in [2.75, 3.05) is 13.1 Å². The van der Waals surface area contributed by atoms with Crippen LogP contribution in [0.4, 0.5) is 4.39 Å². The summed E-state index contributed by atoms with van der Waals surface area (Å²) in [4.78, 5) is 14.2. The third kappa shape index (κ3) is 3.56. The molecule has 104 valence electrons. The quantitative estimate of drug-likeness (QED) is 0.755. The summed E-state index contributed by atoms with van der Waals surface area (Å²) in [5.41, 5.74) is 0.723. The second-order valence-corrected chi connectivity index (χ2v) is 6.79. The molecule has 1 aliphatic rings. The molecule has 0 N–H and O–H groups in total. The Balaban J connectivity index is 2.13. The van der Waals surface area contributed by atoms with Crippen LogP contribution < -0.4 is 0 Å². The monoisotopic (exact) mass is 327 g/mol. The van der Waals surface area contributed by atoms with Gasteiger partial charge < -0.3 is 4.90 Å². The van der Waals surface area contributed by atoms with E-state index in [0.29, 0.717) is 15.5 Å². The van der Waals surface area contributed by atoms with Crippen LogP contribution in [0.3, 0.4) is 0 Å². The standard InChI is InChI=1S/C15H19BrFNO/c1-15(2)6-3-8-18(9-7-15)14(19)11-4-5-12(16)13(17)10-11/h4-5,10H,3,6-9H2,1-2H3. The van der Waals surface area contributed by atoms with Crippen LogP contribution in [0, 0.1) is 11.2 Å². The molecule has 1 aromatic rings. The van der Waals surface area contributed by atoms with Crippen molar-refractivity contribution in [3.63, 3.8) is 0 Å². The molecule has 1 heterocycles. The summed E-state index contributed by atoms with van der Waals surface area (Å²) in [6, 6.07) is 4.57. The largest absolute Gasteiger partial charge is 0.339 e. The second kappa shape index (κ2) is 5.61. The van der Waals surface area contributed by atoms with E-state index >= 15 is 0 Å². The maximum Gasteiger partial charge on any atom is 0.253 e. The molecule has 0 bridgehead atoms. The SMILES string of the molecule is CC1(C)CCCN(C(=O)c2ccc(Br)c(F)c2)CC1. The molecule has 0 radical (unpaired) electrons. The van der Waals surface area contributed by atoms with E-state index in [-0.39, 0.29) is 11.7 Å². The van der Waals surface area contributed by atoms with Gasteiger partial charge in [0, 0.05) is 18.7 Å². The predicted octanol–water partition coefficient (Wildman–Crippen LogP) is 4.24. The number of hydrogen-bond donors (Lipinski definition) is 0. The van der Waals surface area contributed by atoms with Gasteiger partial charge in [-0.15, -0.1) is 0 Å². The summed E-state index contributed by atoms with van der Waals surface area (Å²) < 4.78 is 13.9. The van der Waals surface area contributed by atoms with Gasteiger partial charge in [-0.1, -0.05) is 13.8 Å². The Bertz CT molecular complexity index is 487. The molecule has 0 atom stereocenters. The molecule has 1 aromatic carbocycles. The summed E-state index contributed by atoms with van der Waals surface area (Å²) >= 11 is 3.10. The van der Waals surface area contributed by atoms with Crippen LogP contribution in [-0.2, 0) is 0 Å². The van der Waals surface area contributed by atoms with E-state index in [1.54, 1.807) is 12.1 Å². The fourth-order valence-electron chi connectivity index (χ4n) is 2.44. The Kier molecular flexibility index (Phi) is 4.29. The Morgan fingerprint density at radius 1 is 1.32 bits per heavy atom. The average molecular weight is 328 g/mol. The van der Waals surface area contributed by atoms with E-state index in [2.05, 4.69) is 29.8 Å². The summed E-state index contributed by atoms with van der Waals surface area (Å²) in [6.07, 6.45) is 3.14. The number of hydrogen-bond acceptors (Lipinski definition) is 1. The lowest BCUT2D eigenvalue weighted by Gasteiger charge is -2.23. The van der Waals surface area contributed by atoms with Gasteiger partial charge in [-0.3, -0.25) is 4.79 Å². The molecule has 19 heavy (non-hydrogen) atoms. The van der Waals surface area contributed by atoms with Gasteiger partial charge in [0.2, 0.25) is 0 Å². The zero-order valence-corrected chi connectivity index (χ0v) is 13.0. The highest BCUT2D eigenvalue weighted by Crippen LogP contribution is 2.30. The third-order valence-corrected chi connectivity index (χ3v) is 4.44. The van der Waals surface area contributed by atoms with Gasteiger partial charge in [0.1, 0.15) is 5.82 Å². The lowest BCUT2D eigenvalue weighted by Crippen LogP contribution is -2.32. The van der Waals surface area contributed by atoms with Gasteiger partial charge >= 0.3 is 0 Å². The molecule has 2 nitrogen and oxygen atoms in total. The van der Waals surface area contributed by atoms with Crippen molar-refractivity contribution >= 4 is 21.8 Å². The van der Waals surface area contributed by atoms with E-state index in [0.717, 1.165) is 32.4 Å². The number of nitrogens with zero attached hydrogens (tertiary/aromatic N) is 1. The van der Waals surface area contributed by atoms with Crippen molar-refractivity contribution in [3.05, 3.63) is 34.1 Å². The van der Waals surface area contributed by atoms with Gasteiger partial charge in [-0.2, -0.15) is 0 Å². The lowest BCUT2D eigenvalue weighted by molar-refractivity contribution is 0.0757. The van der Waals surface area contributed by atoms with Crippen LogP contribution in [0.5, 0.6) is 0 Å². The van der Waals surface area contributed by atoms with Gasteiger partial charge in [0.05, 0.1) is 4.47 Å². The first-order valence-electron chi connectivity index (χ1n) is 6.63. The summed E-state index contributed by atoms with van der Waals surface area (Å²) in [7, 11) is 0. The second-order valence-electron chi connectivity index (χ2n) is 5.94. The van der Waals surface area contributed by atoms with Gasteiger partial charge in [-0.25, -0.2) is 4.39 Å². The van der Waals surface area contributed by atoms with Crippen LogP contribution in [0.2, 0.25) is 0 Å². The first-order valence-corrected chi connectivity index (χ1v) is 7.43. The molecule has 0 aromatic heterocycles. The Morgan fingerprint density at radius 3 is 2.74 bits per heavy atom. The lowest BCUT2D eigenvalue weighted by atomic mass is 9.85. The predicted molar refractivity (Wildman–Crippen MR) is 77.6 cm³/mol. The maximum atomic E-state index is 13.5. The normalized spacial score (nSPS) is 19.1. The Morgan fingerprint density at radius 2 is 2.05 bits per heavy atom. The van der Waals surface area contributed by atoms with Crippen LogP contribution in [-0.4, -0.2) is 23.9 Å². The van der Waals surface area contributed by atoms with E-state index in [9.17, 15) is 9.18 Å². The number of benzene rings is 1. The number of amides is 1. The highest BCUT2D eigenvalue weighted by Gasteiger charge is 2.26. The summed E-state index contributed by atoms with van der Waals surface area (Å²) in [5.74, 6) is -0.454. The smallest absolute Gasteiger partial charge is 0.253 e. The molecule has 4 heteroatoms. The molecular weight excluding hydrogens is 309 g/mol. The minimum atomic E-state index is -0.388. The van der Waals surface area contributed by atoms with Crippen LogP contribution in [0.15, 0.2) is 22.7 Å². The zero-order valence-electron chi connectivity index (χ0n) is 11.4. The average Bonchev–Trinajstić information content (AvgIpc) is 2.53. The third-order valence-electron chi connectivity index (χ3n) is 3.79. The van der Waals surface area contributed by atoms with Crippen molar-refractivity contribution in [3.8, 4) is 0 Å². The van der Waals surface area contributed by atoms with Crippen molar-refractivity contribution in [2.24, 2.45) is 5.41 Å². The number of carbonyl (C=O) groups is 1. The minimum Gasteiger partial charge on any atom is -0.339 e. The van der Waals surface area contributed by atoms with Crippen molar-refractivity contribution in [1.29, 1.82) is 0 Å². The number of carbonyl (C=O) groups excluding carboxylic acids is 1. The topological polar surface area (TPSA) is 20.3 Å². The molecule has 0 spiro atoms. The Labute approximate surface area is 122 Å². The zero-order chi connectivity index (χ0) is 14.0. The first kappa shape index (κ1) is 14.5. The molecule has 2 rings (SSSR count). The molecule has 0 saturated carbocycles. The van der Waals surface area contributed by atoms with Crippen molar-refractivity contribution < 1.29 is 9.18 Å². The molecule has 1 aliphatic heterocycles. The molecule has 1 amide bonds. The number of halogens is 2. The number of likely N-dealkylation sites (tertiary alicyclic amines) is 1. The molecular formula is C15H19BrFNO. The highest BCUT2D eigenvalue weighted by molar-refractivity contribution is 9.10.